The molecule has 0 amide bonds. The summed E-state index contributed by atoms with van der Waals surface area (Å²) >= 11 is 0. The van der Waals surface area contributed by atoms with E-state index in [0.29, 0.717) is 12.1 Å². The molecule has 0 aliphatic rings. The van der Waals surface area contributed by atoms with E-state index in [0.717, 1.165) is 18.2 Å². The van der Waals surface area contributed by atoms with E-state index in [1.165, 1.54) is 14.2 Å². The van der Waals surface area contributed by atoms with Gasteiger partial charge in [0.2, 0.25) is 0 Å². The van der Waals surface area contributed by atoms with Gasteiger partial charge >= 0.3 is 5.97 Å². The van der Waals surface area contributed by atoms with Crippen molar-refractivity contribution in [2.24, 2.45) is 0 Å². The maximum atomic E-state index is 13.4. The van der Waals surface area contributed by atoms with Gasteiger partial charge in [0.1, 0.15) is 6.61 Å². The number of carboxylic acid groups (broad SMARTS) is 1. The first kappa shape index (κ1) is 21.4. The Morgan fingerprint density at radius 1 is 1.07 bits per heavy atom. The number of hydrogen-bond acceptors (Lipinski definition) is 6. The van der Waals surface area contributed by atoms with Crippen molar-refractivity contribution in [3.63, 3.8) is 0 Å². The van der Waals surface area contributed by atoms with Crippen molar-refractivity contribution in [3.8, 4) is 11.5 Å². The molecule has 0 saturated carbocycles. The van der Waals surface area contributed by atoms with E-state index in [1.54, 1.807) is 0 Å². The summed E-state index contributed by atoms with van der Waals surface area (Å²) < 4.78 is 68.8. The van der Waals surface area contributed by atoms with Crippen LogP contribution in [0, 0.1) is 11.6 Å². The molecule has 0 aliphatic heterocycles. The third kappa shape index (κ3) is 4.87. The van der Waals surface area contributed by atoms with E-state index in [9.17, 15) is 27.1 Å². The summed E-state index contributed by atoms with van der Waals surface area (Å²) in [5.74, 6) is -3.90. The van der Waals surface area contributed by atoms with Crippen LogP contribution in [-0.4, -0.2) is 46.9 Å². The van der Waals surface area contributed by atoms with Gasteiger partial charge in [-0.3, -0.25) is 4.72 Å². The summed E-state index contributed by atoms with van der Waals surface area (Å²) in [5, 5.41) is 9.38. The summed E-state index contributed by atoms with van der Waals surface area (Å²) in [7, 11) is -1.67. The number of nitrogens with one attached hydrogen (secondary N) is 1. The Kier molecular flexibility index (Phi) is 6.75. The minimum Gasteiger partial charge on any atom is -0.493 e. The molecular formula is C17H17F2NO7S. The van der Waals surface area contributed by atoms with Gasteiger partial charge in [-0.25, -0.2) is 22.0 Å². The van der Waals surface area contributed by atoms with Crippen LogP contribution in [0.1, 0.15) is 10.4 Å². The molecule has 0 fully saturated rings. The zero-order valence-corrected chi connectivity index (χ0v) is 15.7. The third-order valence-corrected chi connectivity index (χ3v) is 4.89. The van der Waals surface area contributed by atoms with Gasteiger partial charge in [0.05, 0.1) is 29.9 Å². The lowest BCUT2D eigenvalue weighted by Gasteiger charge is -2.16. The Bertz CT molecular complexity index is 980. The molecule has 0 bridgehead atoms. The SMILES string of the molecule is COCCOc1cc(NS(=O)(=O)c2ccc(F)c(F)c2)c(C(=O)O)cc1OC. The van der Waals surface area contributed by atoms with E-state index < -0.39 is 38.1 Å². The number of anilines is 1. The van der Waals surface area contributed by atoms with E-state index in [2.05, 4.69) is 0 Å². The minimum absolute atomic E-state index is 0.0595. The van der Waals surface area contributed by atoms with Crippen molar-refractivity contribution in [1.82, 2.24) is 0 Å². The quantitative estimate of drug-likeness (QED) is 0.603. The molecule has 2 aromatic carbocycles. The largest absolute Gasteiger partial charge is 0.493 e. The normalized spacial score (nSPS) is 11.1. The van der Waals surface area contributed by atoms with E-state index in [1.807, 2.05) is 4.72 Å². The third-order valence-electron chi connectivity index (χ3n) is 3.52. The summed E-state index contributed by atoms with van der Waals surface area (Å²) in [6.07, 6.45) is 0. The zero-order valence-electron chi connectivity index (χ0n) is 14.9. The average Bonchev–Trinajstić information content (AvgIpc) is 2.63. The van der Waals surface area contributed by atoms with Crippen LogP contribution in [0.4, 0.5) is 14.5 Å². The van der Waals surface area contributed by atoms with Crippen LogP contribution in [0.5, 0.6) is 11.5 Å². The van der Waals surface area contributed by atoms with Crippen molar-refractivity contribution >= 4 is 21.7 Å². The molecule has 2 N–H and O–H groups in total. The van der Waals surface area contributed by atoms with Gasteiger partial charge in [-0.2, -0.15) is 0 Å². The number of hydrogen-bond donors (Lipinski definition) is 2. The zero-order chi connectivity index (χ0) is 20.9. The number of rotatable bonds is 9. The summed E-state index contributed by atoms with van der Waals surface area (Å²) in [5.41, 5.74) is -0.771. The van der Waals surface area contributed by atoms with E-state index in [4.69, 9.17) is 14.2 Å². The highest BCUT2D eigenvalue weighted by molar-refractivity contribution is 7.92. The van der Waals surface area contributed by atoms with Crippen LogP contribution in [0.15, 0.2) is 35.2 Å². The Morgan fingerprint density at radius 3 is 2.36 bits per heavy atom. The molecule has 0 radical (unpaired) electrons. The van der Waals surface area contributed by atoms with Crippen LogP contribution in [0.2, 0.25) is 0 Å². The molecule has 152 valence electrons. The molecule has 8 nitrogen and oxygen atoms in total. The second-order valence-corrected chi connectivity index (χ2v) is 7.06. The van der Waals surface area contributed by atoms with Crippen molar-refractivity contribution < 1.29 is 41.3 Å². The fourth-order valence-corrected chi connectivity index (χ4v) is 3.26. The second kappa shape index (κ2) is 8.85. The number of halogens is 2. The Labute approximate surface area is 159 Å². The molecule has 11 heteroatoms. The van der Waals surface area contributed by atoms with Crippen LogP contribution in [0.25, 0.3) is 0 Å². The first-order valence-corrected chi connectivity index (χ1v) is 9.23. The molecule has 0 aromatic heterocycles. The molecule has 2 aromatic rings. The van der Waals surface area contributed by atoms with Crippen molar-refractivity contribution in [2.75, 3.05) is 32.2 Å². The fourth-order valence-electron chi connectivity index (χ4n) is 2.18. The summed E-state index contributed by atoms with van der Waals surface area (Å²) in [6, 6.07) is 4.18. The second-order valence-electron chi connectivity index (χ2n) is 5.38. The number of methoxy groups -OCH3 is 2. The monoisotopic (exact) mass is 417 g/mol. The molecule has 0 unspecified atom stereocenters. The number of sulfonamides is 1. The molecule has 0 saturated heterocycles. The van der Waals surface area contributed by atoms with Crippen molar-refractivity contribution in [2.45, 2.75) is 4.90 Å². The molecule has 0 spiro atoms. The van der Waals surface area contributed by atoms with Gasteiger partial charge in [0.15, 0.2) is 23.1 Å². The maximum absolute atomic E-state index is 13.4. The topological polar surface area (TPSA) is 111 Å². The van der Waals surface area contributed by atoms with Crippen LogP contribution in [0.3, 0.4) is 0 Å². The Hall–Kier alpha value is -2.92. The Morgan fingerprint density at radius 2 is 1.79 bits per heavy atom. The minimum atomic E-state index is -4.41. The predicted molar refractivity (Wildman–Crippen MR) is 94.5 cm³/mol. The van der Waals surface area contributed by atoms with Gasteiger partial charge < -0.3 is 19.3 Å². The smallest absolute Gasteiger partial charge is 0.337 e. The highest BCUT2D eigenvalue weighted by Crippen LogP contribution is 2.35. The fraction of sp³-hybridized carbons (Fsp3) is 0.235. The standard InChI is InChI=1S/C17H17F2NO7S/c1-25-5-6-27-16-9-14(11(17(21)22)8-15(16)26-2)20-28(23,24)10-3-4-12(18)13(19)7-10/h3-4,7-9,20H,5-6H2,1-2H3,(H,21,22). The van der Waals surface area contributed by atoms with Gasteiger partial charge in [0.25, 0.3) is 10.0 Å². The summed E-state index contributed by atoms with van der Waals surface area (Å²) in [4.78, 5) is 10.9. The average molecular weight is 417 g/mol. The maximum Gasteiger partial charge on any atom is 0.337 e. The predicted octanol–water partition coefficient (Wildman–Crippen LogP) is 2.50. The van der Waals surface area contributed by atoms with Gasteiger partial charge in [-0.15, -0.1) is 0 Å². The van der Waals surface area contributed by atoms with Gasteiger partial charge in [-0.1, -0.05) is 0 Å². The Balaban J connectivity index is 2.47. The molecule has 28 heavy (non-hydrogen) atoms. The molecule has 0 heterocycles. The van der Waals surface area contributed by atoms with Crippen LogP contribution >= 0.6 is 0 Å². The van der Waals surface area contributed by atoms with Gasteiger partial charge in [0, 0.05) is 19.2 Å². The lowest BCUT2D eigenvalue weighted by molar-refractivity contribution is 0.0697. The van der Waals surface area contributed by atoms with Crippen LogP contribution < -0.4 is 14.2 Å². The summed E-state index contributed by atoms with van der Waals surface area (Å²) in [6.45, 7) is 0.314. The van der Waals surface area contributed by atoms with Crippen molar-refractivity contribution in [1.29, 1.82) is 0 Å². The highest BCUT2D eigenvalue weighted by atomic mass is 32.2. The lowest BCUT2D eigenvalue weighted by atomic mass is 10.1. The highest BCUT2D eigenvalue weighted by Gasteiger charge is 2.23. The molecule has 2 rings (SSSR count). The first-order valence-electron chi connectivity index (χ1n) is 7.74. The van der Waals surface area contributed by atoms with E-state index >= 15 is 0 Å². The van der Waals surface area contributed by atoms with Crippen LogP contribution in [-0.2, 0) is 14.8 Å². The number of carboxylic acids is 1. The molecule has 0 atom stereocenters. The molecular weight excluding hydrogens is 400 g/mol. The first-order chi connectivity index (χ1) is 13.2. The number of aromatic carboxylic acids is 1. The van der Waals surface area contributed by atoms with Crippen molar-refractivity contribution in [3.05, 3.63) is 47.5 Å². The lowest BCUT2D eigenvalue weighted by Crippen LogP contribution is -2.16. The van der Waals surface area contributed by atoms with E-state index in [-0.39, 0.29) is 30.4 Å². The number of benzene rings is 2. The number of ether oxygens (including phenoxy) is 3. The molecule has 0 aliphatic carbocycles. The van der Waals surface area contributed by atoms with Gasteiger partial charge in [-0.05, 0) is 18.2 Å². The number of carbonyl (C=O) groups is 1.